The first-order valence-corrected chi connectivity index (χ1v) is 8.56. The molecule has 0 amide bonds. The van der Waals surface area contributed by atoms with Crippen LogP contribution in [0.25, 0.3) is 5.69 Å². The fourth-order valence-electron chi connectivity index (χ4n) is 5.57. The first-order chi connectivity index (χ1) is 11.7. The molecule has 120 valence electrons. The summed E-state index contributed by atoms with van der Waals surface area (Å²) in [6, 6.07) is 9.26. The second kappa shape index (κ2) is 3.74. The lowest BCUT2D eigenvalue weighted by atomic mass is 9.66. The molecule has 3 aliphatic carbocycles. The van der Waals surface area contributed by atoms with Gasteiger partial charge in [-0.15, -0.1) is 0 Å². The van der Waals surface area contributed by atoms with Crippen molar-refractivity contribution in [1.82, 2.24) is 13.9 Å². The standard InChI is InChI=1S/C19H17N3O2/c23-16-20(13-6-2-1-3-7-13)17(24)22-19-10-5-4-9-18(19)12-14(18)15(8-11-19)21(16)22/h1-8,11,14-15H,9-10,12H2/t14-,15+,18+,19-/m1/s1. The summed E-state index contributed by atoms with van der Waals surface area (Å²) in [5, 5.41) is 0. The number of rotatable bonds is 1. The first kappa shape index (κ1) is 12.8. The van der Waals surface area contributed by atoms with Crippen LogP contribution in [0, 0.1) is 11.3 Å². The fraction of sp³-hybridized carbons (Fsp3) is 0.368. The summed E-state index contributed by atoms with van der Waals surface area (Å²) in [4.78, 5) is 26.4. The molecule has 5 nitrogen and oxygen atoms in total. The van der Waals surface area contributed by atoms with Crippen LogP contribution in [0.1, 0.15) is 25.3 Å². The van der Waals surface area contributed by atoms with Gasteiger partial charge in [0.25, 0.3) is 0 Å². The van der Waals surface area contributed by atoms with E-state index in [0.29, 0.717) is 11.6 Å². The molecule has 2 aliphatic heterocycles. The molecule has 2 bridgehead atoms. The lowest BCUT2D eigenvalue weighted by Crippen LogP contribution is -2.57. The quantitative estimate of drug-likeness (QED) is 0.755. The Bertz CT molecular complexity index is 1050. The molecule has 0 unspecified atom stereocenters. The number of hydrogen-bond donors (Lipinski definition) is 0. The zero-order chi connectivity index (χ0) is 16.1. The van der Waals surface area contributed by atoms with Gasteiger partial charge < -0.3 is 0 Å². The summed E-state index contributed by atoms with van der Waals surface area (Å²) >= 11 is 0. The lowest BCUT2D eigenvalue weighted by molar-refractivity contribution is 0.0633. The van der Waals surface area contributed by atoms with Gasteiger partial charge in [0.1, 0.15) is 0 Å². The first-order valence-electron chi connectivity index (χ1n) is 8.56. The largest absolute Gasteiger partial charge is 0.352 e. The van der Waals surface area contributed by atoms with Gasteiger partial charge in [0, 0.05) is 5.41 Å². The maximum absolute atomic E-state index is 13.3. The van der Waals surface area contributed by atoms with Crippen LogP contribution in [-0.4, -0.2) is 13.9 Å². The van der Waals surface area contributed by atoms with E-state index in [0.717, 1.165) is 19.3 Å². The molecule has 0 radical (unpaired) electrons. The number of benzene rings is 1. The minimum absolute atomic E-state index is 0.0172. The molecule has 3 heterocycles. The highest BCUT2D eigenvalue weighted by atomic mass is 16.2. The third kappa shape index (κ3) is 1.13. The molecule has 1 aromatic heterocycles. The van der Waals surface area contributed by atoms with Crippen molar-refractivity contribution < 1.29 is 0 Å². The highest BCUT2D eigenvalue weighted by Crippen LogP contribution is 2.74. The van der Waals surface area contributed by atoms with Gasteiger partial charge in [-0.05, 0) is 37.3 Å². The normalized spacial score (nSPS) is 37.0. The second-order valence-electron chi connectivity index (χ2n) is 7.51. The van der Waals surface area contributed by atoms with Crippen LogP contribution in [0.2, 0.25) is 0 Å². The van der Waals surface area contributed by atoms with Gasteiger partial charge >= 0.3 is 11.4 Å². The maximum atomic E-state index is 13.3. The van der Waals surface area contributed by atoms with Gasteiger partial charge in [0.2, 0.25) is 0 Å². The number of nitrogens with zero attached hydrogens (tertiary/aromatic N) is 3. The number of para-hydroxylation sites is 1. The molecule has 1 aromatic carbocycles. The van der Waals surface area contributed by atoms with Crippen LogP contribution in [0.15, 0.2) is 64.2 Å². The van der Waals surface area contributed by atoms with Gasteiger partial charge in [-0.1, -0.05) is 42.5 Å². The molecule has 2 spiro atoms. The Morgan fingerprint density at radius 3 is 2.62 bits per heavy atom. The van der Waals surface area contributed by atoms with Gasteiger partial charge in [-0.25, -0.2) is 23.5 Å². The number of hydrogen-bond acceptors (Lipinski definition) is 2. The molecule has 5 aliphatic rings. The Kier molecular flexibility index (Phi) is 2.00. The summed E-state index contributed by atoms with van der Waals surface area (Å²) < 4.78 is 4.84. The van der Waals surface area contributed by atoms with E-state index in [9.17, 15) is 9.59 Å². The summed E-state index contributed by atoms with van der Waals surface area (Å²) in [6.45, 7) is 0. The van der Waals surface area contributed by atoms with E-state index in [4.69, 9.17) is 0 Å². The fourth-order valence-corrected chi connectivity index (χ4v) is 5.57. The molecule has 24 heavy (non-hydrogen) atoms. The average molecular weight is 319 g/mol. The lowest BCUT2D eigenvalue weighted by Gasteiger charge is -2.50. The highest BCUT2D eigenvalue weighted by Gasteiger charge is 2.74. The molecule has 7 rings (SSSR count). The summed E-state index contributed by atoms with van der Waals surface area (Å²) in [5.74, 6) is 0.483. The van der Waals surface area contributed by atoms with Crippen molar-refractivity contribution in [3.8, 4) is 5.69 Å². The van der Waals surface area contributed by atoms with Crippen molar-refractivity contribution in [3.05, 3.63) is 75.6 Å². The van der Waals surface area contributed by atoms with Gasteiger partial charge in [0.15, 0.2) is 0 Å². The van der Waals surface area contributed by atoms with E-state index in [2.05, 4.69) is 24.3 Å². The summed E-state index contributed by atoms with van der Waals surface area (Å²) in [7, 11) is 0. The Morgan fingerprint density at radius 2 is 1.79 bits per heavy atom. The smallest absolute Gasteiger partial charge is 0.245 e. The molecule has 0 N–H and O–H groups in total. The zero-order valence-corrected chi connectivity index (χ0v) is 13.1. The second-order valence-corrected chi connectivity index (χ2v) is 7.51. The van der Waals surface area contributed by atoms with Crippen LogP contribution < -0.4 is 11.4 Å². The van der Waals surface area contributed by atoms with Gasteiger partial charge in [-0.3, -0.25) is 0 Å². The minimum atomic E-state index is -0.364. The van der Waals surface area contributed by atoms with Crippen LogP contribution in [0.3, 0.4) is 0 Å². The molecule has 5 heteroatoms. The van der Waals surface area contributed by atoms with Gasteiger partial charge in [0.05, 0.1) is 17.3 Å². The van der Waals surface area contributed by atoms with E-state index < -0.39 is 0 Å². The molecule has 0 saturated heterocycles. The molecular formula is C19H17N3O2. The van der Waals surface area contributed by atoms with Crippen LogP contribution in [-0.2, 0) is 5.54 Å². The van der Waals surface area contributed by atoms with Crippen LogP contribution in [0.5, 0.6) is 0 Å². The number of allylic oxidation sites excluding steroid dienone is 4. The third-order valence-corrected chi connectivity index (χ3v) is 6.71. The molecule has 1 fully saturated rings. The van der Waals surface area contributed by atoms with E-state index in [1.807, 2.05) is 30.3 Å². The number of aromatic nitrogens is 3. The van der Waals surface area contributed by atoms with Crippen molar-refractivity contribution in [1.29, 1.82) is 0 Å². The van der Waals surface area contributed by atoms with Crippen molar-refractivity contribution in [2.75, 3.05) is 0 Å². The highest BCUT2D eigenvalue weighted by molar-refractivity contribution is 5.38. The van der Waals surface area contributed by atoms with E-state index in [-0.39, 0.29) is 28.4 Å². The van der Waals surface area contributed by atoms with E-state index in [1.54, 1.807) is 9.36 Å². The maximum Gasteiger partial charge on any atom is 0.352 e. The Balaban J connectivity index is 1.72. The average Bonchev–Trinajstić information content (AvgIpc) is 3.31. The minimum Gasteiger partial charge on any atom is -0.245 e. The monoisotopic (exact) mass is 319 g/mol. The van der Waals surface area contributed by atoms with Crippen molar-refractivity contribution >= 4 is 0 Å². The summed E-state index contributed by atoms with van der Waals surface area (Å²) in [6.07, 6.45) is 11.7. The van der Waals surface area contributed by atoms with Crippen LogP contribution in [0.4, 0.5) is 0 Å². The van der Waals surface area contributed by atoms with Gasteiger partial charge in [-0.2, -0.15) is 0 Å². The van der Waals surface area contributed by atoms with Crippen molar-refractivity contribution in [3.63, 3.8) is 0 Å². The summed E-state index contributed by atoms with van der Waals surface area (Å²) in [5.41, 5.74) is -0.0000816. The molecule has 1 saturated carbocycles. The topological polar surface area (TPSA) is 48.9 Å². The third-order valence-electron chi connectivity index (χ3n) is 6.71. The van der Waals surface area contributed by atoms with Crippen molar-refractivity contribution in [2.24, 2.45) is 11.3 Å². The van der Waals surface area contributed by atoms with E-state index in [1.165, 1.54) is 4.57 Å². The SMILES string of the molecule is O=c1n(-c2ccccc2)c(=O)n2n1[C@H]1C=C[C@@]23CC=CC[C@@]32C[C@H]12. The predicted molar refractivity (Wildman–Crippen MR) is 89.4 cm³/mol. The van der Waals surface area contributed by atoms with Crippen molar-refractivity contribution in [2.45, 2.75) is 30.8 Å². The van der Waals surface area contributed by atoms with Crippen LogP contribution >= 0.6 is 0 Å². The molecular weight excluding hydrogens is 302 g/mol. The predicted octanol–water partition coefficient (Wildman–Crippen LogP) is 1.98. The Hall–Kier alpha value is -2.56. The Labute approximate surface area is 138 Å². The molecule has 4 atom stereocenters. The molecule has 2 aromatic rings. The Morgan fingerprint density at radius 1 is 1.00 bits per heavy atom. The zero-order valence-electron chi connectivity index (χ0n) is 13.1. The van der Waals surface area contributed by atoms with E-state index >= 15 is 0 Å².